The molecule has 0 fully saturated rings. The lowest BCUT2D eigenvalue weighted by atomic mass is 10.2. The van der Waals surface area contributed by atoms with E-state index in [0.717, 1.165) is 19.3 Å². The Morgan fingerprint density at radius 1 is 1.53 bits per heavy atom. The van der Waals surface area contributed by atoms with Crippen LogP contribution in [0, 0.1) is 0 Å². The van der Waals surface area contributed by atoms with Crippen LogP contribution in [0.5, 0.6) is 0 Å². The van der Waals surface area contributed by atoms with Crippen LogP contribution in [0.15, 0.2) is 18.3 Å². The van der Waals surface area contributed by atoms with E-state index in [0.29, 0.717) is 17.3 Å². The van der Waals surface area contributed by atoms with Crippen molar-refractivity contribution in [3.8, 4) is 0 Å². The Bertz CT molecular complexity index is 328. The van der Waals surface area contributed by atoms with Gasteiger partial charge in [0, 0.05) is 6.20 Å². The summed E-state index contributed by atoms with van der Waals surface area (Å²) in [6.45, 7) is 2.57. The fraction of sp³-hybridized carbons (Fsp3) is 0.455. The van der Waals surface area contributed by atoms with Gasteiger partial charge < -0.3 is 4.74 Å². The molecule has 1 heterocycles. The largest absolute Gasteiger partial charge is 0.462 e. The zero-order valence-electron chi connectivity index (χ0n) is 8.70. The normalized spacial score (nSPS) is 10.0. The summed E-state index contributed by atoms with van der Waals surface area (Å²) in [5.74, 6) is -0.338. The number of ether oxygens (including phenoxy) is 1. The van der Waals surface area contributed by atoms with E-state index in [9.17, 15) is 4.79 Å². The summed E-state index contributed by atoms with van der Waals surface area (Å²) in [5, 5.41) is 0.304. The number of halogens is 1. The monoisotopic (exact) mass is 227 g/mol. The first-order valence-corrected chi connectivity index (χ1v) is 5.40. The molecule has 0 radical (unpaired) electrons. The van der Waals surface area contributed by atoms with Crippen molar-refractivity contribution >= 4 is 17.6 Å². The SMILES string of the molecule is CCCCCOC(=O)c1ccnc(Cl)c1. The number of pyridine rings is 1. The lowest BCUT2D eigenvalue weighted by Crippen LogP contribution is -2.06. The molecule has 0 bridgehead atoms. The Labute approximate surface area is 94.4 Å². The summed E-state index contributed by atoms with van der Waals surface area (Å²) in [4.78, 5) is 15.2. The van der Waals surface area contributed by atoms with Gasteiger partial charge in [-0.05, 0) is 18.6 Å². The minimum atomic E-state index is -0.338. The van der Waals surface area contributed by atoms with Gasteiger partial charge in [0.25, 0.3) is 0 Å². The van der Waals surface area contributed by atoms with Gasteiger partial charge in [-0.3, -0.25) is 0 Å². The quantitative estimate of drug-likeness (QED) is 0.441. The van der Waals surface area contributed by atoms with Crippen molar-refractivity contribution in [1.82, 2.24) is 4.98 Å². The molecule has 0 unspecified atom stereocenters. The van der Waals surface area contributed by atoms with Gasteiger partial charge in [-0.2, -0.15) is 0 Å². The van der Waals surface area contributed by atoms with Crippen LogP contribution in [-0.4, -0.2) is 17.6 Å². The van der Waals surface area contributed by atoms with E-state index in [4.69, 9.17) is 16.3 Å². The zero-order valence-corrected chi connectivity index (χ0v) is 9.46. The predicted molar refractivity (Wildman–Crippen MR) is 59.1 cm³/mol. The molecule has 82 valence electrons. The topological polar surface area (TPSA) is 39.2 Å². The van der Waals surface area contributed by atoms with Crippen LogP contribution in [0.3, 0.4) is 0 Å². The maximum absolute atomic E-state index is 11.5. The van der Waals surface area contributed by atoms with Crippen LogP contribution < -0.4 is 0 Å². The minimum Gasteiger partial charge on any atom is -0.462 e. The number of rotatable bonds is 5. The highest BCUT2D eigenvalue weighted by molar-refractivity contribution is 6.29. The summed E-state index contributed by atoms with van der Waals surface area (Å²) < 4.78 is 5.06. The Hall–Kier alpha value is -1.09. The van der Waals surface area contributed by atoms with Crippen LogP contribution in [0.1, 0.15) is 36.5 Å². The molecule has 1 aromatic rings. The van der Waals surface area contributed by atoms with Gasteiger partial charge in [0.2, 0.25) is 0 Å². The van der Waals surface area contributed by atoms with Crippen molar-refractivity contribution < 1.29 is 9.53 Å². The highest BCUT2D eigenvalue weighted by Crippen LogP contribution is 2.08. The van der Waals surface area contributed by atoms with Gasteiger partial charge in [-0.1, -0.05) is 31.4 Å². The summed E-state index contributed by atoms with van der Waals surface area (Å²) >= 11 is 5.65. The third-order valence-electron chi connectivity index (χ3n) is 1.94. The molecule has 0 saturated carbocycles. The Morgan fingerprint density at radius 3 is 3.00 bits per heavy atom. The van der Waals surface area contributed by atoms with E-state index in [1.165, 1.54) is 12.3 Å². The lowest BCUT2D eigenvalue weighted by molar-refractivity contribution is 0.0498. The van der Waals surface area contributed by atoms with E-state index >= 15 is 0 Å². The predicted octanol–water partition coefficient (Wildman–Crippen LogP) is 3.08. The number of carbonyl (C=O) groups excluding carboxylic acids is 1. The van der Waals surface area contributed by atoms with Crippen molar-refractivity contribution in [2.24, 2.45) is 0 Å². The first kappa shape index (κ1) is 12.0. The second-order valence-electron chi connectivity index (χ2n) is 3.21. The number of aromatic nitrogens is 1. The van der Waals surface area contributed by atoms with Gasteiger partial charge in [0.05, 0.1) is 12.2 Å². The Kier molecular flexibility index (Phi) is 5.12. The molecule has 0 aliphatic rings. The molecule has 15 heavy (non-hydrogen) atoms. The number of esters is 1. The zero-order chi connectivity index (χ0) is 11.1. The fourth-order valence-electron chi connectivity index (χ4n) is 1.13. The molecule has 0 aromatic carbocycles. The number of carbonyl (C=O) groups is 1. The molecule has 0 N–H and O–H groups in total. The maximum atomic E-state index is 11.5. The third-order valence-corrected chi connectivity index (χ3v) is 2.15. The van der Waals surface area contributed by atoms with Gasteiger partial charge in [-0.25, -0.2) is 9.78 Å². The van der Waals surface area contributed by atoms with Crippen molar-refractivity contribution in [2.75, 3.05) is 6.61 Å². The molecule has 3 nitrogen and oxygen atoms in total. The number of nitrogens with zero attached hydrogens (tertiary/aromatic N) is 1. The van der Waals surface area contributed by atoms with Crippen LogP contribution in [-0.2, 0) is 4.74 Å². The maximum Gasteiger partial charge on any atom is 0.338 e. The second-order valence-corrected chi connectivity index (χ2v) is 3.60. The van der Waals surface area contributed by atoms with Gasteiger partial charge in [0.1, 0.15) is 5.15 Å². The van der Waals surface area contributed by atoms with Crippen LogP contribution in [0.25, 0.3) is 0 Å². The highest BCUT2D eigenvalue weighted by Gasteiger charge is 2.06. The molecule has 0 aliphatic heterocycles. The van der Waals surface area contributed by atoms with E-state index < -0.39 is 0 Å². The Morgan fingerprint density at radius 2 is 2.33 bits per heavy atom. The van der Waals surface area contributed by atoms with Crippen molar-refractivity contribution in [1.29, 1.82) is 0 Å². The smallest absolute Gasteiger partial charge is 0.338 e. The molecular formula is C11H14ClNO2. The molecule has 0 atom stereocenters. The van der Waals surface area contributed by atoms with E-state index in [1.807, 2.05) is 0 Å². The average molecular weight is 228 g/mol. The van der Waals surface area contributed by atoms with Crippen LogP contribution in [0.4, 0.5) is 0 Å². The van der Waals surface area contributed by atoms with Gasteiger partial charge in [-0.15, -0.1) is 0 Å². The molecule has 1 rings (SSSR count). The molecule has 1 aromatic heterocycles. The highest BCUT2D eigenvalue weighted by atomic mass is 35.5. The van der Waals surface area contributed by atoms with Crippen molar-refractivity contribution in [3.05, 3.63) is 29.0 Å². The van der Waals surface area contributed by atoms with E-state index in [-0.39, 0.29) is 5.97 Å². The lowest BCUT2D eigenvalue weighted by Gasteiger charge is -2.03. The van der Waals surface area contributed by atoms with Crippen molar-refractivity contribution in [3.63, 3.8) is 0 Å². The van der Waals surface area contributed by atoms with Gasteiger partial charge in [0.15, 0.2) is 0 Å². The number of unbranched alkanes of at least 4 members (excludes halogenated alkanes) is 2. The number of hydrogen-bond acceptors (Lipinski definition) is 3. The van der Waals surface area contributed by atoms with Crippen LogP contribution >= 0.6 is 11.6 Å². The molecule has 0 saturated heterocycles. The minimum absolute atomic E-state index is 0.304. The summed E-state index contributed by atoms with van der Waals surface area (Å²) in [6, 6.07) is 3.09. The first-order chi connectivity index (χ1) is 7.24. The summed E-state index contributed by atoms with van der Waals surface area (Å²) in [7, 11) is 0. The summed E-state index contributed by atoms with van der Waals surface area (Å²) in [6.07, 6.45) is 4.58. The second kappa shape index (κ2) is 6.40. The van der Waals surface area contributed by atoms with Crippen LogP contribution in [0.2, 0.25) is 5.15 Å². The van der Waals surface area contributed by atoms with E-state index in [2.05, 4.69) is 11.9 Å². The first-order valence-electron chi connectivity index (χ1n) is 5.02. The third kappa shape index (κ3) is 4.30. The molecular weight excluding hydrogens is 214 g/mol. The number of hydrogen-bond donors (Lipinski definition) is 0. The standard InChI is InChI=1S/C11H14ClNO2/c1-2-3-4-7-15-11(14)9-5-6-13-10(12)8-9/h5-6,8H,2-4,7H2,1H3. The Balaban J connectivity index is 2.40. The molecule has 0 aliphatic carbocycles. The van der Waals surface area contributed by atoms with E-state index in [1.54, 1.807) is 6.07 Å². The molecule has 4 heteroatoms. The summed E-state index contributed by atoms with van der Waals surface area (Å²) in [5.41, 5.74) is 0.450. The molecule has 0 amide bonds. The molecule has 0 spiro atoms. The van der Waals surface area contributed by atoms with Gasteiger partial charge >= 0.3 is 5.97 Å². The van der Waals surface area contributed by atoms with Crippen molar-refractivity contribution in [2.45, 2.75) is 26.2 Å². The average Bonchev–Trinajstić information content (AvgIpc) is 2.24. The fourth-order valence-corrected chi connectivity index (χ4v) is 1.30.